The van der Waals surface area contributed by atoms with Crippen LogP contribution < -0.4 is 10.5 Å². The summed E-state index contributed by atoms with van der Waals surface area (Å²) in [5, 5.41) is 20.9. The molecule has 1 atom stereocenters. The van der Waals surface area contributed by atoms with Gasteiger partial charge in [-0.2, -0.15) is 0 Å². The van der Waals surface area contributed by atoms with Gasteiger partial charge in [0.15, 0.2) is 5.75 Å². The molecule has 6 nitrogen and oxygen atoms in total. The molecule has 0 spiro atoms. The van der Waals surface area contributed by atoms with Crippen molar-refractivity contribution in [1.29, 1.82) is 0 Å². The van der Waals surface area contributed by atoms with E-state index in [-0.39, 0.29) is 23.5 Å². The van der Waals surface area contributed by atoms with Crippen LogP contribution in [0.5, 0.6) is 5.75 Å². The highest BCUT2D eigenvalue weighted by Crippen LogP contribution is 2.36. The van der Waals surface area contributed by atoms with Crippen molar-refractivity contribution in [1.82, 2.24) is 0 Å². The lowest BCUT2D eigenvalue weighted by molar-refractivity contribution is -0.387. The lowest BCUT2D eigenvalue weighted by Crippen LogP contribution is -2.32. The van der Waals surface area contributed by atoms with Crippen molar-refractivity contribution >= 4 is 5.69 Å². The van der Waals surface area contributed by atoms with E-state index in [4.69, 9.17) is 10.5 Å². The van der Waals surface area contributed by atoms with E-state index in [0.717, 1.165) is 0 Å². The van der Waals surface area contributed by atoms with Crippen molar-refractivity contribution in [3.8, 4) is 5.75 Å². The first-order valence-electron chi connectivity index (χ1n) is 4.68. The highest BCUT2D eigenvalue weighted by atomic mass is 16.6. The smallest absolute Gasteiger partial charge is 0.316 e. The molecule has 0 amide bonds. The summed E-state index contributed by atoms with van der Waals surface area (Å²) in [6.45, 7) is 1.32. The van der Waals surface area contributed by atoms with Gasteiger partial charge in [-0.3, -0.25) is 10.1 Å². The van der Waals surface area contributed by atoms with E-state index in [1.165, 1.54) is 26.2 Å². The number of hydrogen-bond acceptors (Lipinski definition) is 5. The maximum absolute atomic E-state index is 10.9. The van der Waals surface area contributed by atoms with Gasteiger partial charge in [0.25, 0.3) is 0 Å². The molecular weight excluding hydrogens is 212 g/mol. The Balaban J connectivity index is 3.45. The van der Waals surface area contributed by atoms with Crippen molar-refractivity contribution in [3.63, 3.8) is 0 Å². The van der Waals surface area contributed by atoms with E-state index in [1.807, 2.05) is 0 Å². The number of aliphatic hydroxyl groups is 1. The first kappa shape index (κ1) is 12.4. The molecule has 1 rings (SSSR count). The van der Waals surface area contributed by atoms with E-state index in [9.17, 15) is 15.2 Å². The summed E-state index contributed by atoms with van der Waals surface area (Å²) in [7, 11) is 1.34. The van der Waals surface area contributed by atoms with Crippen molar-refractivity contribution in [3.05, 3.63) is 33.9 Å². The van der Waals surface area contributed by atoms with E-state index >= 15 is 0 Å². The number of para-hydroxylation sites is 1. The second-order valence-electron chi connectivity index (χ2n) is 3.59. The van der Waals surface area contributed by atoms with Crippen LogP contribution in [0.15, 0.2) is 18.2 Å². The second-order valence-corrected chi connectivity index (χ2v) is 3.59. The van der Waals surface area contributed by atoms with Crippen LogP contribution in [-0.4, -0.2) is 23.7 Å². The number of rotatable bonds is 4. The van der Waals surface area contributed by atoms with E-state index in [2.05, 4.69) is 0 Å². The Kier molecular flexibility index (Phi) is 3.46. The standard InChI is InChI=1S/C10H14N2O4/c1-10(13,6-11)7-4-3-5-8(16-2)9(7)12(14)15/h3-5,13H,6,11H2,1-2H3. The van der Waals surface area contributed by atoms with E-state index in [1.54, 1.807) is 6.07 Å². The Morgan fingerprint density at radius 3 is 2.69 bits per heavy atom. The third-order valence-corrected chi connectivity index (χ3v) is 2.38. The minimum atomic E-state index is -1.45. The zero-order chi connectivity index (χ0) is 12.3. The average molecular weight is 226 g/mol. The molecule has 1 aromatic carbocycles. The molecule has 0 saturated carbocycles. The summed E-state index contributed by atoms with van der Waals surface area (Å²) in [4.78, 5) is 10.4. The van der Waals surface area contributed by atoms with E-state index in [0.29, 0.717) is 0 Å². The van der Waals surface area contributed by atoms with Crippen molar-refractivity contribution in [2.45, 2.75) is 12.5 Å². The fraction of sp³-hybridized carbons (Fsp3) is 0.400. The maximum atomic E-state index is 10.9. The third-order valence-electron chi connectivity index (χ3n) is 2.38. The van der Waals surface area contributed by atoms with Crippen LogP contribution in [0.1, 0.15) is 12.5 Å². The average Bonchev–Trinajstić information content (AvgIpc) is 2.27. The largest absolute Gasteiger partial charge is 0.490 e. The van der Waals surface area contributed by atoms with Gasteiger partial charge in [0, 0.05) is 6.54 Å². The van der Waals surface area contributed by atoms with Gasteiger partial charge >= 0.3 is 5.69 Å². The molecule has 0 saturated heterocycles. The van der Waals surface area contributed by atoms with Gasteiger partial charge in [0.05, 0.1) is 17.6 Å². The summed E-state index contributed by atoms with van der Waals surface area (Å²) >= 11 is 0. The molecule has 0 radical (unpaired) electrons. The molecule has 0 aromatic heterocycles. The van der Waals surface area contributed by atoms with Crippen LogP contribution in [0.2, 0.25) is 0 Å². The zero-order valence-corrected chi connectivity index (χ0v) is 9.14. The van der Waals surface area contributed by atoms with Crippen LogP contribution in [0.3, 0.4) is 0 Å². The molecule has 1 aromatic rings. The summed E-state index contributed by atoms with van der Waals surface area (Å²) in [5.41, 5.74) is 3.84. The molecule has 0 aliphatic rings. The lowest BCUT2D eigenvalue weighted by Gasteiger charge is -2.21. The fourth-order valence-electron chi connectivity index (χ4n) is 1.42. The number of ether oxygens (including phenoxy) is 1. The van der Waals surface area contributed by atoms with Crippen LogP contribution in [0, 0.1) is 10.1 Å². The molecule has 0 heterocycles. The molecule has 6 heteroatoms. The first-order chi connectivity index (χ1) is 7.44. The molecule has 0 aliphatic carbocycles. The summed E-state index contributed by atoms with van der Waals surface area (Å²) in [6.07, 6.45) is 0. The van der Waals surface area contributed by atoms with Crippen molar-refractivity contribution < 1.29 is 14.8 Å². The minimum Gasteiger partial charge on any atom is -0.490 e. The topological polar surface area (TPSA) is 98.6 Å². The minimum absolute atomic E-state index is 0.108. The van der Waals surface area contributed by atoms with Gasteiger partial charge < -0.3 is 15.6 Å². The molecule has 88 valence electrons. The predicted molar refractivity (Wildman–Crippen MR) is 58.3 cm³/mol. The lowest BCUT2D eigenvalue weighted by atomic mass is 9.94. The highest BCUT2D eigenvalue weighted by Gasteiger charge is 2.32. The summed E-state index contributed by atoms with van der Waals surface area (Å²) < 4.78 is 4.89. The fourth-order valence-corrected chi connectivity index (χ4v) is 1.42. The maximum Gasteiger partial charge on any atom is 0.316 e. The third kappa shape index (κ3) is 2.12. The Hall–Kier alpha value is -1.66. The van der Waals surface area contributed by atoms with Crippen LogP contribution in [0.25, 0.3) is 0 Å². The Bertz CT molecular complexity index is 404. The van der Waals surface area contributed by atoms with Crippen LogP contribution in [-0.2, 0) is 5.60 Å². The van der Waals surface area contributed by atoms with Gasteiger partial charge in [0.1, 0.15) is 5.60 Å². The molecular formula is C10H14N2O4. The molecule has 0 aliphatic heterocycles. The van der Waals surface area contributed by atoms with E-state index < -0.39 is 10.5 Å². The quantitative estimate of drug-likeness (QED) is 0.583. The molecule has 3 N–H and O–H groups in total. The van der Waals surface area contributed by atoms with Crippen molar-refractivity contribution in [2.75, 3.05) is 13.7 Å². The van der Waals surface area contributed by atoms with Crippen molar-refractivity contribution in [2.24, 2.45) is 5.73 Å². The number of nitrogens with two attached hydrogens (primary N) is 1. The molecule has 0 bridgehead atoms. The molecule has 0 fully saturated rings. The van der Waals surface area contributed by atoms with Crippen LogP contribution in [0.4, 0.5) is 5.69 Å². The number of methoxy groups -OCH3 is 1. The zero-order valence-electron chi connectivity index (χ0n) is 9.14. The predicted octanol–water partition coefficient (Wildman–Crippen LogP) is 0.770. The molecule has 1 unspecified atom stereocenters. The number of nitro groups is 1. The number of hydrogen-bond donors (Lipinski definition) is 2. The van der Waals surface area contributed by atoms with Gasteiger partial charge in [-0.05, 0) is 19.1 Å². The number of nitrogens with zero attached hydrogens (tertiary/aromatic N) is 1. The summed E-state index contributed by atoms with van der Waals surface area (Å²) in [6, 6.07) is 4.51. The van der Waals surface area contributed by atoms with Gasteiger partial charge in [-0.25, -0.2) is 0 Å². The van der Waals surface area contributed by atoms with Gasteiger partial charge in [-0.1, -0.05) is 6.07 Å². The normalized spacial score (nSPS) is 14.2. The number of nitro benzene ring substituents is 1. The Morgan fingerprint density at radius 1 is 1.62 bits per heavy atom. The van der Waals surface area contributed by atoms with Gasteiger partial charge in [0.2, 0.25) is 0 Å². The SMILES string of the molecule is COc1cccc(C(C)(O)CN)c1[N+](=O)[O-]. The van der Waals surface area contributed by atoms with Crippen LogP contribution >= 0.6 is 0 Å². The Morgan fingerprint density at radius 2 is 2.25 bits per heavy atom. The monoisotopic (exact) mass is 226 g/mol. The summed E-state index contributed by atoms with van der Waals surface area (Å²) in [5.74, 6) is 0.108. The van der Waals surface area contributed by atoms with Gasteiger partial charge in [-0.15, -0.1) is 0 Å². The number of benzene rings is 1. The first-order valence-corrected chi connectivity index (χ1v) is 4.68. The Labute approximate surface area is 92.8 Å². The molecule has 16 heavy (non-hydrogen) atoms. The second kappa shape index (κ2) is 4.46. The highest BCUT2D eigenvalue weighted by molar-refractivity contribution is 5.55.